The van der Waals surface area contributed by atoms with Gasteiger partial charge in [0.1, 0.15) is 18.5 Å². The van der Waals surface area contributed by atoms with Crippen molar-refractivity contribution in [3.05, 3.63) is 29.8 Å². The fourth-order valence-corrected chi connectivity index (χ4v) is 1.50. The molecule has 1 atom stereocenters. The Morgan fingerprint density at radius 2 is 2.27 bits per heavy atom. The minimum Gasteiger partial charge on any atom is -0.491 e. The van der Waals surface area contributed by atoms with E-state index < -0.39 is 64.1 Å². The number of aliphatic hydroxyl groups excluding tert-OH is 1. The number of rotatable bonds is 11. The molecule has 1 aliphatic carbocycles. The van der Waals surface area contributed by atoms with Crippen LogP contribution in [0.15, 0.2) is 24.3 Å². The zero-order valence-corrected chi connectivity index (χ0v) is 11.8. The first-order valence-corrected chi connectivity index (χ1v) is 6.62. The molecule has 0 bridgehead atoms. The molecule has 22 heavy (non-hydrogen) atoms. The lowest BCUT2D eigenvalue weighted by Crippen LogP contribution is -2.35. The van der Waals surface area contributed by atoms with Crippen LogP contribution in [0.25, 0.3) is 0 Å². The van der Waals surface area contributed by atoms with Gasteiger partial charge in [-0.05, 0) is 42.8 Å². The molecule has 0 aliphatic heterocycles. The second-order valence-electron chi connectivity index (χ2n) is 4.44. The van der Waals surface area contributed by atoms with E-state index in [1.165, 1.54) is 24.3 Å². The average molecular weight is 324 g/mol. The summed E-state index contributed by atoms with van der Waals surface area (Å²) in [6, 6.07) is 2.43. The third-order valence-corrected chi connectivity index (χ3v) is 2.61. The van der Waals surface area contributed by atoms with Gasteiger partial charge < -0.3 is 19.9 Å². The van der Waals surface area contributed by atoms with Crippen molar-refractivity contribution in [2.24, 2.45) is 5.89 Å². The predicted octanol–water partition coefficient (Wildman–Crippen LogP) is 2.39. The third-order valence-electron chi connectivity index (χ3n) is 2.61. The molecule has 1 aromatic carbocycles. The van der Waals surface area contributed by atoms with E-state index in [-0.39, 0.29) is 18.8 Å². The summed E-state index contributed by atoms with van der Waals surface area (Å²) in [5.74, 6) is -2.59. The SMILES string of the molecule is [2H]C([2H])(NC([2H])(C([2H])([2H])[2H])C([2H])([2H])[2H])C(O)COc1ccc(CCOC([2H])([2H])C2([2H])C([2H])([2H])C2([2H])[2H])cc1. The fraction of sp³-hybridized carbons (Fsp3) is 0.667. The number of hydrogen-bond acceptors (Lipinski definition) is 4. The number of hydrogen-bond donors (Lipinski definition) is 2. The highest BCUT2D eigenvalue weighted by Gasteiger charge is 2.20. The molecule has 4 nitrogen and oxygen atoms in total. The van der Waals surface area contributed by atoms with Gasteiger partial charge in [-0.25, -0.2) is 0 Å². The van der Waals surface area contributed by atoms with E-state index in [0.717, 1.165) is 0 Å². The maximum absolute atomic E-state index is 10.2. The Hall–Kier alpha value is -1.10. The van der Waals surface area contributed by atoms with Crippen LogP contribution >= 0.6 is 0 Å². The van der Waals surface area contributed by atoms with E-state index in [1.54, 1.807) is 5.32 Å². The Balaban J connectivity index is 1.94. The molecule has 1 saturated carbocycles. The highest BCUT2D eigenvalue weighted by molar-refractivity contribution is 5.27. The molecule has 2 N–H and O–H groups in total. The molecule has 124 valence electrons. The molecule has 0 aromatic heterocycles. The molecule has 0 amide bonds. The number of aliphatic hydroxyl groups is 1. The number of benzene rings is 1. The molecular weight excluding hydrogens is 278 g/mol. The topological polar surface area (TPSA) is 50.7 Å². The van der Waals surface area contributed by atoms with Crippen molar-refractivity contribution in [3.8, 4) is 5.75 Å². The van der Waals surface area contributed by atoms with Crippen molar-refractivity contribution in [1.82, 2.24) is 5.32 Å². The molecule has 0 spiro atoms. The Morgan fingerprint density at radius 3 is 2.95 bits per heavy atom. The van der Waals surface area contributed by atoms with E-state index in [4.69, 9.17) is 31.4 Å². The molecule has 0 saturated heterocycles. The molecule has 2 rings (SSSR count). The van der Waals surface area contributed by atoms with Crippen LogP contribution in [-0.4, -0.2) is 43.5 Å². The predicted molar refractivity (Wildman–Crippen MR) is 88.3 cm³/mol. The van der Waals surface area contributed by atoms with E-state index in [0.29, 0.717) is 5.56 Å². The van der Waals surface area contributed by atoms with Crippen LogP contribution in [0.2, 0.25) is 0 Å². The van der Waals surface area contributed by atoms with Crippen molar-refractivity contribution in [1.29, 1.82) is 0 Å². The van der Waals surface area contributed by atoms with Crippen LogP contribution < -0.4 is 10.1 Å². The maximum atomic E-state index is 10.2. The standard InChI is InChI=1S/C18H29NO3/c1-14(2)19-11-17(20)13-22-18-7-5-15(6-8-18)9-10-21-12-16-3-4-16/h5-8,14,16-17,19-20H,3-4,9-13H2,1-2H3/i1D3,2D3,3D2,4D2,11D2,12D2,14D,16D. The Morgan fingerprint density at radius 1 is 1.50 bits per heavy atom. The fourth-order valence-electron chi connectivity index (χ4n) is 1.50. The highest BCUT2D eigenvalue weighted by atomic mass is 16.5. The minimum atomic E-state index is -3.46. The summed E-state index contributed by atoms with van der Waals surface area (Å²) in [4.78, 5) is 0. The second kappa shape index (κ2) is 9.13. The normalized spacial score (nSPS) is 35.7. The minimum absolute atomic E-state index is 0.104. The van der Waals surface area contributed by atoms with Crippen LogP contribution in [0, 0.1) is 5.89 Å². The van der Waals surface area contributed by atoms with Gasteiger partial charge >= 0.3 is 0 Å². The van der Waals surface area contributed by atoms with Gasteiger partial charge in [0.25, 0.3) is 0 Å². The molecule has 1 fully saturated rings. The summed E-state index contributed by atoms with van der Waals surface area (Å²) in [5.41, 5.74) is 0.584. The quantitative estimate of drug-likeness (QED) is 0.656. The lowest BCUT2D eigenvalue weighted by Gasteiger charge is -2.15. The summed E-state index contributed by atoms with van der Waals surface area (Å²) >= 11 is 0. The number of ether oxygens (including phenoxy) is 2. The van der Waals surface area contributed by atoms with Gasteiger partial charge in [0.05, 0.1) is 9.35 Å². The van der Waals surface area contributed by atoms with Crippen molar-refractivity contribution >= 4 is 0 Å². The number of nitrogens with one attached hydrogen (secondary N) is 1. The molecule has 1 unspecified atom stereocenters. The monoisotopic (exact) mass is 323 g/mol. The summed E-state index contributed by atoms with van der Waals surface area (Å²) < 4.78 is 132. The van der Waals surface area contributed by atoms with Crippen molar-refractivity contribution in [3.63, 3.8) is 0 Å². The van der Waals surface area contributed by atoms with Crippen LogP contribution in [-0.2, 0) is 11.2 Å². The Labute approximate surface area is 156 Å². The smallest absolute Gasteiger partial charge is 0.119 e. The Bertz CT molecular complexity index is 947. The lowest BCUT2D eigenvalue weighted by atomic mass is 10.1. The van der Waals surface area contributed by atoms with Crippen LogP contribution in [0.1, 0.15) is 53.9 Å². The molecule has 1 aliphatic rings. The summed E-state index contributed by atoms with van der Waals surface area (Å²) in [6.45, 7) is -13.9. The van der Waals surface area contributed by atoms with Gasteiger partial charge in [0, 0.05) is 38.3 Å². The zero-order chi connectivity index (χ0) is 29.8. The highest BCUT2D eigenvalue weighted by Crippen LogP contribution is 2.28. The van der Waals surface area contributed by atoms with E-state index in [9.17, 15) is 5.11 Å². The van der Waals surface area contributed by atoms with Crippen LogP contribution in [0.5, 0.6) is 5.75 Å². The van der Waals surface area contributed by atoms with Gasteiger partial charge in [-0.2, -0.15) is 0 Å². The first kappa shape index (κ1) is 5.76. The summed E-state index contributed by atoms with van der Waals surface area (Å²) in [6.07, 6.45) is -7.42. The first-order valence-electron chi connectivity index (χ1n) is 14.6. The van der Waals surface area contributed by atoms with Crippen LogP contribution in [0.3, 0.4) is 0 Å². The van der Waals surface area contributed by atoms with E-state index >= 15 is 0 Å². The van der Waals surface area contributed by atoms with Gasteiger partial charge in [-0.3, -0.25) is 0 Å². The summed E-state index contributed by atoms with van der Waals surface area (Å²) in [5, 5.41) is 11.8. The average Bonchev–Trinajstić information content (AvgIpc) is 3.08. The molecule has 0 radical (unpaired) electrons. The van der Waals surface area contributed by atoms with Crippen molar-refractivity contribution in [2.75, 3.05) is 26.3 Å². The van der Waals surface area contributed by atoms with E-state index in [1.807, 2.05) is 0 Å². The maximum Gasteiger partial charge on any atom is 0.119 e. The van der Waals surface area contributed by atoms with Gasteiger partial charge in [0.2, 0.25) is 0 Å². The molecular formula is C18H29NO3. The summed E-state index contributed by atoms with van der Waals surface area (Å²) in [7, 11) is 0. The van der Waals surface area contributed by atoms with Crippen LogP contribution in [0.4, 0.5) is 0 Å². The van der Waals surface area contributed by atoms with Gasteiger partial charge in [-0.1, -0.05) is 25.8 Å². The zero-order valence-electron chi connectivity index (χ0n) is 27.8. The Kier molecular flexibility index (Phi) is 2.39. The second-order valence-corrected chi connectivity index (χ2v) is 4.44. The lowest BCUT2D eigenvalue weighted by molar-refractivity contribution is 0.104. The molecule has 1 aromatic rings. The van der Waals surface area contributed by atoms with Gasteiger partial charge in [-0.15, -0.1) is 0 Å². The largest absolute Gasteiger partial charge is 0.491 e. The third kappa shape index (κ3) is 7.25. The van der Waals surface area contributed by atoms with Crippen molar-refractivity contribution < 1.29 is 36.5 Å². The molecule has 0 heterocycles. The van der Waals surface area contributed by atoms with E-state index in [2.05, 4.69) is 0 Å². The first-order chi connectivity index (χ1) is 16.8. The van der Waals surface area contributed by atoms with Gasteiger partial charge in [0.15, 0.2) is 0 Å². The molecule has 4 heteroatoms. The van der Waals surface area contributed by atoms with Crippen molar-refractivity contribution in [2.45, 2.75) is 45.0 Å².